The first kappa shape index (κ1) is 15.4. The molecule has 1 saturated heterocycles. The van der Waals surface area contributed by atoms with Crippen molar-refractivity contribution < 1.29 is 9.32 Å². The summed E-state index contributed by atoms with van der Waals surface area (Å²) in [4.78, 5) is 18.8. The molecule has 1 fully saturated rings. The lowest BCUT2D eigenvalue weighted by molar-refractivity contribution is 0.0789. The number of likely N-dealkylation sites (tertiary alicyclic amines) is 1. The summed E-state index contributed by atoms with van der Waals surface area (Å²) in [6.45, 7) is 3.66. The van der Waals surface area contributed by atoms with E-state index >= 15 is 0 Å². The molecule has 1 aliphatic rings. The second-order valence-electron chi connectivity index (χ2n) is 6.12. The number of hydrogen-bond acceptors (Lipinski definition) is 7. The number of amides is 1. The van der Waals surface area contributed by atoms with E-state index in [1.807, 2.05) is 29.2 Å². The Kier molecular flexibility index (Phi) is 3.96. The molecule has 1 unspecified atom stereocenters. The third-order valence-corrected chi connectivity index (χ3v) is 4.30. The van der Waals surface area contributed by atoms with Crippen molar-refractivity contribution in [2.24, 2.45) is 0 Å². The minimum absolute atomic E-state index is 0.0210. The van der Waals surface area contributed by atoms with Crippen molar-refractivity contribution in [2.45, 2.75) is 25.8 Å². The Morgan fingerprint density at radius 3 is 2.84 bits per heavy atom. The highest BCUT2D eigenvalue weighted by Crippen LogP contribution is 2.27. The van der Waals surface area contributed by atoms with E-state index in [0.29, 0.717) is 36.9 Å². The number of tetrazole rings is 1. The molecule has 3 heterocycles. The quantitative estimate of drug-likeness (QED) is 0.699. The van der Waals surface area contributed by atoms with Gasteiger partial charge in [0.05, 0.1) is 12.5 Å². The number of aryl methyl sites for hydroxylation is 1. The largest absolute Gasteiger partial charge is 0.339 e. The molecule has 2 aromatic heterocycles. The molecule has 1 atom stereocenters. The van der Waals surface area contributed by atoms with Crippen molar-refractivity contribution in [3.05, 3.63) is 53.4 Å². The zero-order valence-corrected chi connectivity index (χ0v) is 13.7. The number of aromatic nitrogens is 6. The number of carbonyl (C=O) groups is 1. The van der Waals surface area contributed by atoms with E-state index in [-0.39, 0.29) is 11.8 Å². The summed E-state index contributed by atoms with van der Waals surface area (Å²) in [6.07, 6.45) is 2.40. The summed E-state index contributed by atoms with van der Waals surface area (Å²) < 4.78 is 6.86. The van der Waals surface area contributed by atoms with Gasteiger partial charge in [-0.1, -0.05) is 17.3 Å². The number of rotatable bonds is 4. The molecule has 0 saturated carbocycles. The lowest BCUT2D eigenvalue weighted by atomic mass is 10.1. The van der Waals surface area contributed by atoms with Gasteiger partial charge in [-0.25, -0.2) is 4.68 Å². The highest BCUT2D eigenvalue weighted by Gasteiger charge is 2.31. The summed E-state index contributed by atoms with van der Waals surface area (Å²) in [5, 5.41) is 14.9. The molecule has 0 N–H and O–H groups in total. The second kappa shape index (κ2) is 6.42. The Labute approximate surface area is 143 Å². The third kappa shape index (κ3) is 3.25. The molecule has 9 nitrogen and oxygen atoms in total. The lowest BCUT2D eigenvalue weighted by Gasteiger charge is -2.16. The van der Waals surface area contributed by atoms with Gasteiger partial charge in [-0.3, -0.25) is 4.79 Å². The number of nitrogens with zero attached hydrogens (tertiary/aromatic N) is 7. The molecule has 1 amide bonds. The third-order valence-electron chi connectivity index (χ3n) is 4.30. The van der Waals surface area contributed by atoms with Crippen LogP contribution in [0.25, 0.3) is 0 Å². The molecule has 0 radical (unpaired) electrons. The normalized spacial score (nSPS) is 17.2. The van der Waals surface area contributed by atoms with E-state index in [1.54, 1.807) is 17.9 Å². The molecule has 4 rings (SSSR count). The Hall–Kier alpha value is -3.10. The fourth-order valence-corrected chi connectivity index (χ4v) is 3.00. The molecule has 0 bridgehead atoms. The van der Waals surface area contributed by atoms with Crippen LogP contribution in [-0.4, -0.2) is 54.2 Å². The SMILES string of the molecule is Cc1noc(C2CCN(C(=O)c3ccc(Cn4cnnn4)cc3)C2)n1. The van der Waals surface area contributed by atoms with E-state index in [1.165, 1.54) is 0 Å². The van der Waals surface area contributed by atoms with Crippen LogP contribution < -0.4 is 0 Å². The van der Waals surface area contributed by atoms with Crippen LogP contribution in [0.1, 0.15) is 40.0 Å². The molecule has 128 valence electrons. The van der Waals surface area contributed by atoms with Crippen LogP contribution in [0, 0.1) is 6.92 Å². The average molecular weight is 339 g/mol. The van der Waals surface area contributed by atoms with Crippen molar-refractivity contribution >= 4 is 5.91 Å². The van der Waals surface area contributed by atoms with Crippen molar-refractivity contribution in [1.29, 1.82) is 0 Å². The highest BCUT2D eigenvalue weighted by molar-refractivity contribution is 5.94. The Balaban J connectivity index is 1.41. The van der Waals surface area contributed by atoms with Gasteiger partial charge < -0.3 is 9.42 Å². The maximum Gasteiger partial charge on any atom is 0.253 e. The average Bonchev–Trinajstić information content (AvgIpc) is 3.36. The molecular formula is C16H17N7O2. The van der Waals surface area contributed by atoms with Crippen molar-refractivity contribution in [3.63, 3.8) is 0 Å². The van der Waals surface area contributed by atoms with Crippen molar-refractivity contribution in [3.8, 4) is 0 Å². The minimum Gasteiger partial charge on any atom is -0.339 e. The summed E-state index contributed by atoms with van der Waals surface area (Å²) in [5.74, 6) is 1.37. The van der Waals surface area contributed by atoms with Crippen LogP contribution in [0.4, 0.5) is 0 Å². The second-order valence-corrected chi connectivity index (χ2v) is 6.12. The first-order valence-electron chi connectivity index (χ1n) is 8.08. The fourth-order valence-electron chi connectivity index (χ4n) is 3.00. The van der Waals surface area contributed by atoms with E-state index in [0.717, 1.165) is 12.0 Å². The zero-order valence-electron chi connectivity index (χ0n) is 13.7. The first-order chi connectivity index (χ1) is 12.2. The molecule has 0 spiro atoms. The van der Waals surface area contributed by atoms with Gasteiger partial charge in [0.25, 0.3) is 5.91 Å². The first-order valence-corrected chi connectivity index (χ1v) is 8.08. The molecule has 9 heteroatoms. The van der Waals surface area contributed by atoms with E-state index < -0.39 is 0 Å². The summed E-state index contributed by atoms with van der Waals surface area (Å²) in [5.41, 5.74) is 1.70. The zero-order chi connectivity index (χ0) is 17.2. The molecule has 1 aliphatic heterocycles. The van der Waals surface area contributed by atoms with Crippen molar-refractivity contribution in [2.75, 3.05) is 13.1 Å². The predicted molar refractivity (Wildman–Crippen MR) is 85.7 cm³/mol. The van der Waals surface area contributed by atoms with Crippen LogP contribution in [-0.2, 0) is 6.54 Å². The van der Waals surface area contributed by atoms with E-state index in [2.05, 4.69) is 25.7 Å². The van der Waals surface area contributed by atoms with Gasteiger partial charge in [0.15, 0.2) is 5.82 Å². The maximum atomic E-state index is 12.7. The van der Waals surface area contributed by atoms with E-state index in [4.69, 9.17) is 4.52 Å². The molecule has 25 heavy (non-hydrogen) atoms. The van der Waals surface area contributed by atoms with Crippen LogP contribution in [0.5, 0.6) is 0 Å². The summed E-state index contributed by atoms with van der Waals surface area (Å²) >= 11 is 0. The van der Waals surface area contributed by atoms with Gasteiger partial charge in [-0.2, -0.15) is 4.98 Å². The predicted octanol–water partition coefficient (Wildman–Crippen LogP) is 1.04. The van der Waals surface area contributed by atoms with E-state index in [9.17, 15) is 4.79 Å². The van der Waals surface area contributed by atoms with Gasteiger partial charge >= 0.3 is 0 Å². The number of carbonyl (C=O) groups excluding carboxylic acids is 1. The Morgan fingerprint density at radius 1 is 1.32 bits per heavy atom. The van der Waals surface area contributed by atoms with Gasteiger partial charge in [0.2, 0.25) is 5.89 Å². The van der Waals surface area contributed by atoms with Gasteiger partial charge in [0, 0.05) is 18.7 Å². The highest BCUT2D eigenvalue weighted by atomic mass is 16.5. The van der Waals surface area contributed by atoms with Crippen molar-refractivity contribution in [1.82, 2.24) is 35.2 Å². The lowest BCUT2D eigenvalue weighted by Crippen LogP contribution is -2.28. The topological polar surface area (TPSA) is 103 Å². The molecule has 1 aromatic carbocycles. The van der Waals surface area contributed by atoms with Gasteiger partial charge in [0.1, 0.15) is 6.33 Å². The molecule has 0 aliphatic carbocycles. The molecule has 3 aromatic rings. The van der Waals surface area contributed by atoms with Crippen LogP contribution in [0.3, 0.4) is 0 Å². The minimum atomic E-state index is 0.0210. The van der Waals surface area contributed by atoms with Gasteiger partial charge in [-0.15, -0.1) is 5.10 Å². The monoisotopic (exact) mass is 339 g/mol. The summed E-state index contributed by atoms with van der Waals surface area (Å²) in [6, 6.07) is 7.52. The smallest absolute Gasteiger partial charge is 0.253 e. The molecular weight excluding hydrogens is 322 g/mol. The Bertz CT molecular complexity index is 857. The van der Waals surface area contributed by atoms with Gasteiger partial charge in [-0.05, 0) is 41.5 Å². The number of hydrogen-bond donors (Lipinski definition) is 0. The Morgan fingerprint density at radius 2 is 2.16 bits per heavy atom. The standard InChI is InChI=1S/C16H17N7O2/c1-11-18-15(25-19-11)14-6-7-22(9-14)16(24)13-4-2-12(3-5-13)8-23-10-17-20-21-23/h2-5,10,14H,6-9H2,1H3. The summed E-state index contributed by atoms with van der Waals surface area (Å²) in [7, 11) is 0. The van der Waals surface area contributed by atoms with Crippen LogP contribution in [0.2, 0.25) is 0 Å². The van der Waals surface area contributed by atoms with Crippen LogP contribution in [0.15, 0.2) is 35.1 Å². The maximum absolute atomic E-state index is 12.7. The fraction of sp³-hybridized carbons (Fsp3) is 0.375. The number of benzene rings is 1. The van der Waals surface area contributed by atoms with Crippen LogP contribution >= 0.6 is 0 Å².